The number of nitrogens with one attached hydrogen (secondary N) is 1. The second-order valence-corrected chi connectivity index (χ2v) is 5.64. The molecule has 0 aliphatic rings. The van der Waals surface area contributed by atoms with Crippen LogP contribution in [0.1, 0.15) is 1.43 Å². The summed E-state index contributed by atoms with van der Waals surface area (Å²) in [5, 5.41) is 0. The van der Waals surface area contributed by atoms with Crippen molar-refractivity contribution in [3.63, 3.8) is 0 Å². The molecule has 3 N–H and O–H groups in total. The van der Waals surface area contributed by atoms with Gasteiger partial charge in [-0.25, -0.2) is 8.42 Å². The van der Waals surface area contributed by atoms with E-state index < -0.39 is 10.0 Å². The molecule has 0 unspecified atom stereocenters. The molecule has 1 aromatic heterocycles. The summed E-state index contributed by atoms with van der Waals surface area (Å²) in [7, 11) is -1.02. The molecule has 10 heteroatoms. The van der Waals surface area contributed by atoms with E-state index in [0.29, 0.717) is 5.69 Å². The minimum absolute atomic E-state index is 0. The van der Waals surface area contributed by atoms with Crippen molar-refractivity contribution in [1.82, 2.24) is 9.97 Å². The molecule has 0 spiro atoms. The molecule has 1 aromatic carbocycles. The maximum atomic E-state index is 12.2. The van der Waals surface area contributed by atoms with E-state index in [2.05, 4.69) is 14.7 Å². The van der Waals surface area contributed by atoms with Gasteiger partial charge in [-0.15, -0.1) is 0 Å². The predicted octanol–water partition coefficient (Wildman–Crippen LogP) is -2.01. The topological polar surface area (TPSA) is 116 Å². The first-order chi connectivity index (χ1) is 9.94. The molecule has 22 heavy (non-hydrogen) atoms. The number of rotatable bonds is 5. The van der Waals surface area contributed by atoms with Gasteiger partial charge in [0.25, 0.3) is 10.0 Å². The van der Waals surface area contributed by atoms with Gasteiger partial charge in [0.15, 0.2) is 5.82 Å². The molecular weight excluding hydrogens is 319 g/mol. The Hall–Kier alpha value is -1.55. The fourth-order valence-electron chi connectivity index (χ4n) is 1.50. The van der Waals surface area contributed by atoms with Crippen LogP contribution in [0.3, 0.4) is 0 Å². The van der Waals surface area contributed by atoms with Crippen LogP contribution in [0.15, 0.2) is 35.2 Å². The fourth-order valence-corrected chi connectivity index (χ4v) is 2.49. The van der Waals surface area contributed by atoms with E-state index in [1.54, 1.807) is 0 Å². The van der Waals surface area contributed by atoms with Crippen molar-refractivity contribution < 1.29 is 48.9 Å². The van der Waals surface area contributed by atoms with Crippen molar-refractivity contribution in [3.8, 4) is 11.9 Å². The Morgan fingerprint density at radius 3 is 2.32 bits per heavy atom. The summed E-state index contributed by atoms with van der Waals surface area (Å²) in [5.41, 5.74) is 6.00. The van der Waals surface area contributed by atoms with Crippen molar-refractivity contribution in [2.24, 2.45) is 0 Å². The maximum Gasteiger partial charge on any atom is 1.00 e. The van der Waals surface area contributed by atoms with Crippen LogP contribution < -0.4 is 49.5 Å². The number of methoxy groups -OCH3 is 2. The second kappa shape index (κ2) is 7.63. The first-order valence-corrected chi connectivity index (χ1v) is 7.28. The summed E-state index contributed by atoms with van der Waals surface area (Å²) in [6, 6.07) is 7.12. The first-order valence-electron chi connectivity index (χ1n) is 5.80. The molecule has 8 nitrogen and oxygen atoms in total. The Balaban J connectivity index is 0.00000242. The van der Waals surface area contributed by atoms with Crippen LogP contribution in [0.2, 0.25) is 0 Å². The van der Waals surface area contributed by atoms with E-state index in [-0.39, 0.29) is 53.6 Å². The Morgan fingerprint density at radius 1 is 1.14 bits per heavy atom. The van der Waals surface area contributed by atoms with Gasteiger partial charge in [-0.3, -0.25) is 4.72 Å². The first kappa shape index (κ1) is 18.5. The molecule has 0 aliphatic heterocycles. The monoisotopic (exact) mass is 334 g/mol. The molecule has 0 fully saturated rings. The number of hydrogen-bond donors (Lipinski definition) is 2. The van der Waals surface area contributed by atoms with E-state index in [4.69, 9.17) is 15.2 Å². The summed E-state index contributed by atoms with van der Waals surface area (Å²) < 4.78 is 36.6. The van der Waals surface area contributed by atoms with Crippen LogP contribution in [0.5, 0.6) is 11.9 Å². The summed E-state index contributed by atoms with van der Waals surface area (Å²) in [6.07, 6.45) is 0. The zero-order valence-corrected chi connectivity index (χ0v) is 15.2. The van der Waals surface area contributed by atoms with Gasteiger partial charge < -0.3 is 16.6 Å². The van der Waals surface area contributed by atoms with Crippen molar-refractivity contribution >= 4 is 21.5 Å². The van der Waals surface area contributed by atoms with Crippen molar-refractivity contribution in [3.05, 3.63) is 30.3 Å². The number of hydrogen-bond acceptors (Lipinski definition) is 7. The van der Waals surface area contributed by atoms with Crippen LogP contribution in [0, 0.1) is 0 Å². The third-order valence-corrected chi connectivity index (χ3v) is 3.87. The normalized spacial score (nSPS) is 10.5. The molecule has 0 amide bonds. The van der Waals surface area contributed by atoms with Gasteiger partial charge in [-0.2, -0.15) is 9.97 Å². The molecule has 2 rings (SSSR count). The van der Waals surface area contributed by atoms with E-state index in [9.17, 15) is 8.42 Å². The SMILES string of the molecule is COc1cc(NS(=O)(=O)c2ccc(N)cc2)nc(OC)n1.[H-].[Na+]. The Labute approximate surface area is 151 Å². The van der Waals surface area contributed by atoms with Gasteiger partial charge in [0.1, 0.15) is 0 Å². The Morgan fingerprint density at radius 2 is 1.77 bits per heavy atom. The van der Waals surface area contributed by atoms with Gasteiger partial charge in [0.05, 0.1) is 19.1 Å². The van der Waals surface area contributed by atoms with Crippen LogP contribution in [-0.4, -0.2) is 32.6 Å². The average molecular weight is 334 g/mol. The van der Waals surface area contributed by atoms with Gasteiger partial charge in [0.2, 0.25) is 5.88 Å². The molecule has 2 aromatic rings. The largest absolute Gasteiger partial charge is 1.00 e. The van der Waals surface area contributed by atoms with Crippen molar-refractivity contribution in [2.75, 3.05) is 24.7 Å². The van der Waals surface area contributed by atoms with Crippen LogP contribution in [-0.2, 0) is 10.0 Å². The molecule has 0 bridgehead atoms. The fraction of sp³-hybridized carbons (Fsp3) is 0.167. The number of nitrogens with zero attached hydrogens (tertiary/aromatic N) is 2. The number of ether oxygens (including phenoxy) is 2. The quantitative estimate of drug-likeness (QED) is 0.479. The number of aromatic nitrogens is 2. The van der Waals surface area contributed by atoms with E-state index in [1.807, 2.05) is 0 Å². The molecule has 0 atom stereocenters. The molecule has 0 saturated heterocycles. The minimum atomic E-state index is -3.79. The van der Waals surface area contributed by atoms with Gasteiger partial charge in [-0.05, 0) is 24.3 Å². The molecule has 0 aliphatic carbocycles. The van der Waals surface area contributed by atoms with Gasteiger partial charge in [0, 0.05) is 11.8 Å². The zero-order valence-electron chi connectivity index (χ0n) is 13.4. The predicted molar refractivity (Wildman–Crippen MR) is 77.9 cm³/mol. The van der Waals surface area contributed by atoms with E-state index in [1.165, 1.54) is 44.6 Å². The minimum Gasteiger partial charge on any atom is -1.00 e. The third-order valence-electron chi connectivity index (χ3n) is 2.50. The zero-order chi connectivity index (χ0) is 15.5. The molecule has 114 valence electrons. The molecular formula is C12H15N4NaO4S. The molecule has 1 heterocycles. The smallest absolute Gasteiger partial charge is 1.00 e. The Kier molecular flexibility index (Phi) is 6.42. The molecule has 0 saturated carbocycles. The van der Waals surface area contributed by atoms with Crippen LogP contribution in [0.25, 0.3) is 0 Å². The second-order valence-electron chi connectivity index (χ2n) is 3.96. The number of sulfonamides is 1. The Bertz CT molecular complexity index is 721. The van der Waals surface area contributed by atoms with Crippen molar-refractivity contribution in [2.45, 2.75) is 4.90 Å². The van der Waals surface area contributed by atoms with Crippen LogP contribution in [0.4, 0.5) is 11.5 Å². The maximum absolute atomic E-state index is 12.2. The number of nitrogens with two attached hydrogens (primary N) is 1. The van der Waals surface area contributed by atoms with Gasteiger partial charge >= 0.3 is 35.6 Å². The third kappa shape index (κ3) is 4.47. The van der Waals surface area contributed by atoms with E-state index in [0.717, 1.165) is 0 Å². The number of benzene rings is 1. The summed E-state index contributed by atoms with van der Waals surface area (Å²) in [6.45, 7) is 0. The summed E-state index contributed by atoms with van der Waals surface area (Å²) in [5.74, 6) is 0.215. The van der Waals surface area contributed by atoms with Crippen molar-refractivity contribution in [1.29, 1.82) is 0 Å². The number of nitrogen functional groups attached to an aromatic ring is 1. The van der Waals surface area contributed by atoms with Gasteiger partial charge in [-0.1, -0.05) is 0 Å². The summed E-state index contributed by atoms with van der Waals surface area (Å²) >= 11 is 0. The number of anilines is 2. The molecule has 0 radical (unpaired) electrons. The average Bonchev–Trinajstić information content (AvgIpc) is 2.46. The standard InChI is InChI=1S/C12H14N4O4S.Na.H/c1-19-11-7-10(14-12(15-11)20-2)16-21(17,18)9-5-3-8(13)4-6-9;;/h3-7H,13H2,1-2H3,(H,14,15,16);;/q;+1;-1. The van der Waals surface area contributed by atoms with Crippen LogP contribution >= 0.6 is 0 Å². The van der Waals surface area contributed by atoms with E-state index >= 15 is 0 Å². The summed E-state index contributed by atoms with van der Waals surface area (Å²) in [4.78, 5) is 7.84.